The van der Waals surface area contributed by atoms with Gasteiger partial charge in [-0.3, -0.25) is 14.2 Å². The Bertz CT molecular complexity index is 1320. The normalized spacial score (nSPS) is 11.5. The van der Waals surface area contributed by atoms with Crippen LogP contribution in [0.3, 0.4) is 0 Å². The van der Waals surface area contributed by atoms with Gasteiger partial charge in [-0.25, -0.2) is 4.98 Å². The molecular formula is C23H24N4O2S. The van der Waals surface area contributed by atoms with Crippen LogP contribution in [0.5, 0.6) is 0 Å². The van der Waals surface area contributed by atoms with Gasteiger partial charge in [-0.15, -0.1) is 0 Å². The van der Waals surface area contributed by atoms with E-state index in [0.717, 1.165) is 27.7 Å². The smallest absolute Gasteiger partial charge is 0.283 e. The summed E-state index contributed by atoms with van der Waals surface area (Å²) >= 11 is 1.27. The number of aromatic amines is 1. The number of hydrogen-bond acceptors (Lipinski definition) is 4. The fourth-order valence-electron chi connectivity index (χ4n) is 3.51. The number of carbonyl (C=O) groups excluding carboxylic acids is 1. The number of thioether (sulfide) groups is 1. The predicted molar refractivity (Wildman–Crippen MR) is 123 cm³/mol. The van der Waals surface area contributed by atoms with Gasteiger partial charge in [0, 0.05) is 16.9 Å². The van der Waals surface area contributed by atoms with Crippen LogP contribution in [0.4, 0.5) is 0 Å². The number of aromatic nitrogens is 3. The van der Waals surface area contributed by atoms with Crippen molar-refractivity contribution in [2.24, 2.45) is 0 Å². The molecule has 0 aliphatic carbocycles. The number of nitrogens with one attached hydrogen (secondary N) is 2. The van der Waals surface area contributed by atoms with Gasteiger partial charge >= 0.3 is 0 Å². The number of nitrogens with zero attached hydrogens (tertiary/aromatic N) is 2. The highest BCUT2D eigenvalue weighted by Gasteiger charge is 2.19. The van der Waals surface area contributed by atoms with E-state index in [1.54, 1.807) is 4.57 Å². The molecule has 2 aromatic heterocycles. The van der Waals surface area contributed by atoms with Crippen molar-refractivity contribution in [2.75, 3.05) is 5.75 Å². The first-order chi connectivity index (χ1) is 14.3. The summed E-state index contributed by atoms with van der Waals surface area (Å²) in [6.07, 6.45) is 0. The van der Waals surface area contributed by atoms with Crippen LogP contribution in [0.1, 0.15) is 25.0 Å². The van der Waals surface area contributed by atoms with E-state index < -0.39 is 0 Å². The van der Waals surface area contributed by atoms with E-state index in [1.807, 2.05) is 70.2 Å². The number of amides is 1. The number of carbonyl (C=O) groups is 1. The van der Waals surface area contributed by atoms with Crippen molar-refractivity contribution in [1.29, 1.82) is 0 Å². The lowest BCUT2D eigenvalue weighted by Crippen LogP contribution is -2.32. The average Bonchev–Trinajstić information content (AvgIpc) is 3.07. The molecule has 0 aliphatic rings. The Hall–Kier alpha value is -3.06. The lowest BCUT2D eigenvalue weighted by molar-refractivity contribution is -0.119. The first-order valence-electron chi connectivity index (χ1n) is 9.88. The second-order valence-corrected chi connectivity index (χ2v) is 8.67. The largest absolute Gasteiger partial charge is 0.353 e. The van der Waals surface area contributed by atoms with Crippen molar-refractivity contribution in [3.63, 3.8) is 0 Å². The molecule has 1 amide bonds. The summed E-state index contributed by atoms with van der Waals surface area (Å²) in [5, 5.41) is 4.29. The van der Waals surface area contributed by atoms with Crippen molar-refractivity contribution in [2.45, 2.75) is 38.9 Å². The number of hydrogen-bond donors (Lipinski definition) is 2. The van der Waals surface area contributed by atoms with Gasteiger partial charge in [0.2, 0.25) is 5.91 Å². The van der Waals surface area contributed by atoms with Crippen molar-refractivity contribution in [1.82, 2.24) is 19.9 Å². The Morgan fingerprint density at radius 3 is 2.73 bits per heavy atom. The molecule has 4 aromatic rings. The van der Waals surface area contributed by atoms with E-state index in [-0.39, 0.29) is 23.3 Å². The van der Waals surface area contributed by atoms with Gasteiger partial charge in [-0.05, 0) is 51.0 Å². The monoisotopic (exact) mass is 420 g/mol. The Balaban J connectivity index is 1.94. The zero-order valence-electron chi connectivity index (χ0n) is 17.4. The highest BCUT2D eigenvalue weighted by atomic mass is 32.2. The predicted octanol–water partition coefficient (Wildman–Crippen LogP) is 4.10. The van der Waals surface area contributed by atoms with Crippen molar-refractivity contribution >= 4 is 39.6 Å². The van der Waals surface area contributed by atoms with Crippen LogP contribution in [0.15, 0.2) is 52.4 Å². The molecule has 0 spiro atoms. The minimum Gasteiger partial charge on any atom is -0.353 e. The minimum absolute atomic E-state index is 0.0587. The topological polar surface area (TPSA) is 79.8 Å². The number of H-pyrrole nitrogens is 1. The highest BCUT2D eigenvalue weighted by molar-refractivity contribution is 7.99. The van der Waals surface area contributed by atoms with E-state index in [2.05, 4.69) is 10.3 Å². The van der Waals surface area contributed by atoms with Crippen molar-refractivity contribution in [3.8, 4) is 5.69 Å². The molecule has 4 rings (SSSR count). The molecule has 2 aromatic carbocycles. The quantitative estimate of drug-likeness (QED) is 0.376. The molecular weight excluding hydrogens is 396 g/mol. The molecule has 0 saturated heterocycles. The molecule has 7 heteroatoms. The Labute approximate surface area is 178 Å². The molecule has 0 radical (unpaired) electrons. The summed E-state index contributed by atoms with van der Waals surface area (Å²) in [6.45, 7) is 7.80. The maximum absolute atomic E-state index is 13.6. The van der Waals surface area contributed by atoms with Crippen LogP contribution in [-0.4, -0.2) is 32.2 Å². The third kappa shape index (κ3) is 3.73. The maximum Gasteiger partial charge on any atom is 0.283 e. The summed E-state index contributed by atoms with van der Waals surface area (Å²) < 4.78 is 1.62. The first-order valence-corrected chi connectivity index (χ1v) is 10.9. The van der Waals surface area contributed by atoms with Crippen molar-refractivity contribution < 1.29 is 4.79 Å². The molecule has 0 aliphatic heterocycles. The summed E-state index contributed by atoms with van der Waals surface area (Å²) in [6, 6.07) is 13.8. The fourth-order valence-corrected chi connectivity index (χ4v) is 4.32. The Morgan fingerprint density at radius 2 is 1.97 bits per heavy atom. The van der Waals surface area contributed by atoms with Gasteiger partial charge in [0.15, 0.2) is 5.16 Å². The number of fused-ring (bicyclic) bond motifs is 3. The van der Waals surface area contributed by atoms with Crippen LogP contribution >= 0.6 is 11.8 Å². The molecule has 0 saturated carbocycles. The van der Waals surface area contributed by atoms with Crippen LogP contribution < -0.4 is 10.9 Å². The standard InChI is InChI=1S/C23H24N4O2S/c1-13(2)24-19(28)12-30-23-26-20-16-7-5-6-8-17(16)25-21(20)22(29)27(23)18-11-14(3)9-10-15(18)4/h5-11,13,25H,12H2,1-4H3,(H,24,28). The summed E-state index contributed by atoms with van der Waals surface area (Å²) in [5.41, 5.74) is 4.58. The third-order valence-corrected chi connectivity index (χ3v) is 5.82. The summed E-state index contributed by atoms with van der Waals surface area (Å²) in [7, 11) is 0. The lowest BCUT2D eigenvalue weighted by atomic mass is 10.1. The molecule has 0 unspecified atom stereocenters. The van der Waals surface area contributed by atoms with E-state index >= 15 is 0 Å². The zero-order chi connectivity index (χ0) is 21.4. The van der Waals surface area contributed by atoms with Crippen LogP contribution in [0.25, 0.3) is 27.6 Å². The number of aryl methyl sites for hydroxylation is 2. The molecule has 0 bridgehead atoms. The number of benzene rings is 2. The minimum atomic E-state index is -0.170. The Morgan fingerprint density at radius 1 is 1.20 bits per heavy atom. The van der Waals surface area contributed by atoms with E-state index in [0.29, 0.717) is 16.2 Å². The highest BCUT2D eigenvalue weighted by Crippen LogP contribution is 2.27. The van der Waals surface area contributed by atoms with E-state index in [4.69, 9.17) is 4.98 Å². The molecule has 0 fully saturated rings. The van der Waals surface area contributed by atoms with Crippen LogP contribution in [-0.2, 0) is 4.79 Å². The number of para-hydroxylation sites is 1. The molecule has 2 N–H and O–H groups in total. The Kier molecular flexibility index (Phi) is 5.39. The summed E-state index contributed by atoms with van der Waals surface area (Å²) in [5.74, 6) is 0.0966. The van der Waals surface area contributed by atoms with Gasteiger partial charge in [-0.2, -0.15) is 0 Å². The van der Waals surface area contributed by atoms with Gasteiger partial charge in [0.1, 0.15) is 11.0 Å². The van der Waals surface area contributed by atoms with Crippen LogP contribution in [0, 0.1) is 13.8 Å². The maximum atomic E-state index is 13.6. The molecule has 154 valence electrons. The third-order valence-electron chi connectivity index (χ3n) is 4.88. The van der Waals surface area contributed by atoms with Gasteiger partial charge in [0.25, 0.3) is 5.56 Å². The second kappa shape index (κ2) is 7.99. The van der Waals surface area contributed by atoms with Gasteiger partial charge < -0.3 is 10.3 Å². The van der Waals surface area contributed by atoms with Crippen LogP contribution in [0.2, 0.25) is 0 Å². The summed E-state index contributed by atoms with van der Waals surface area (Å²) in [4.78, 5) is 33.9. The zero-order valence-corrected chi connectivity index (χ0v) is 18.3. The molecule has 0 atom stereocenters. The SMILES string of the molecule is Cc1ccc(C)c(-n2c(SCC(=O)NC(C)C)nc3c([nH]c4ccccc43)c2=O)c1. The lowest BCUT2D eigenvalue weighted by Gasteiger charge is -2.15. The number of rotatable bonds is 5. The van der Waals surface area contributed by atoms with Gasteiger partial charge in [0.05, 0.1) is 11.4 Å². The average molecular weight is 421 g/mol. The van der Waals surface area contributed by atoms with Crippen molar-refractivity contribution in [3.05, 3.63) is 63.9 Å². The van der Waals surface area contributed by atoms with E-state index in [9.17, 15) is 9.59 Å². The molecule has 2 heterocycles. The second-order valence-electron chi connectivity index (χ2n) is 7.73. The molecule has 30 heavy (non-hydrogen) atoms. The fraction of sp³-hybridized carbons (Fsp3) is 0.261. The first kappa shape index (κ1) is 20.2. The molecule has 6 nitrogen and oxygen atoms in total. The van der Waals surface area contributed by atoms with Gasteiger partial charge in [-0.1, -0.05) is 42.1 Å². The van der Waals surface area contributed by atoms with E-state index in [1.165, 1.54) is 11.8 Å².